The van der Waals surface area contributed by atoms with E-state index in [1.54, 1.807) is 18.5 Å². The Balaban J connectivity index is 1.98. The Bertz CT molecular complexity index is 574. The van der Waals surface area contributed by atoms with E-state index < -0.39 is 16.1 Å². The molecular formula is C14H21N3O3S. The van der Waals surface area contributed by atoms with Crippen LogP contribution >= 0.6 is 0 Å². The van der Waals surface area contributed by atoms with Gasteiger partial charge in [-0.15, -0.1) is 0 Å². The third-order valence-electron chi connectivity index (χ3n) is 3.52. The summed E-state index contributed by atoms with van der Waals surface area (Å²) >= 11 is 0. The van der Waals surface area contributed by atoms with Gasteiger partial charge in [-0.05, 0) is 30.9 Å². The molecule has 1 aromatic heterocycles. The molecule has 1 amide bonds. The first-order valence-corrected chi connectivity index (χ1v) is 8.81. The summed E-state index contributed by atoms with van der Waals surface area (Å²) in [5.41, 5.74) is 0.895. The highest BCUT2D eigenvalue weighted by atomic mass is 32.2. The first-order valence-electron chi connectivity index (χ1n) is 7.20. The summed E-state index contributed by atoms with van der Waals surface area (Å²) in [6, 6.07) is 3.10. The minimum atomic E-state index is -3.33. The molecule has 0 aliphatic carbocycles. The summed E-state index contributed by atoms with van der Waals surface area (Å²) < 4.78 is 25.7. The van der Waals surface area contributed by atoms with Gasteiger partial charge < -0.3 is 5.32 Å². The van der Waals surface area contributed by atoms with Crippen LogP contribution in [0, 0.1) is 0 Å². The first-order chi connectivity index (χ1) is 10.0. The number of amides is 1. The van der Waals surface area contributed by atoms with E-state index in [1.807, 2.05) is 13.0 Å². The molecule has 1 aliphatic heterocycles. The highest BCUT2D eigenvalue weighted by Crippen LogP contribution is 2.22. The van der Waals surface area contributed by atoms with Crippen LogP contribution in [0.3, 0.4) is 0 Å². The molecule has 1 saturated heterocycles. The van der Waals surface area contributed by atoms with Crippen LogP contribution in [0.15, 0.2) is 24.5 Å². The molecular weight excluding hydrogens is 290 g/mol. The predicted octanol–water partition coefficient (Wildman–Crippen LogP) is 0.902. The third-order valence-corrected chi connectivity index (χ3v) is 5.59. The van der Waals surface area contributed by atoms with Crippen LogP contribution in [0.1, 0.15) is 31.7 Å². The Kier molecular flexibility index (Phi) is 5.30. The van der Waals surface area contributed by atoms with Gasteiger partial charge in [-0.25, -0.2) is 8.42 Å². The highest BCUT2D eigenvalue weighted by molar-refractivity contribution is 7.89. The van der Waals surface area contributed by atoms with Crippen LogP contribution in [-0.4, -0.2) is 42.0 Å². The number of carbonyl (C=O) groups excluding carboxylic acids is 1. The van der Waals surface area contributed by atoms with Gasteiger partial charge >= 0.3 is 0 Å². The molecule has 0 saturated carbocycles. The van der Waals surface area contributed by atoms with Gasteiger partial charge in [0, 0.05) is 25.5 Å². The fourth-order valence-corrected chi connectivity index (χ4v) is 4.27. The van der Waals surface area contributed by atoms with E-state index in [2.05, 4.69) is 10.3 Å². The van der Waals surface area contributed by atoms with E-state index in [1.165, 1.54) is 4.31 Å². The van der Waals surface area contributed by atoms with E-state index in [0.717, 1.165) is 12.0 Å². The Morgan fingerprint density at radius 1 is 1.52 bits per heavy atom. The lowest BCUT2D eigenvalue weighted by molar-refractivity contribution is -0.124. The second-order valence-corrected chi connectivity index (χ2v) is 7.20. The smallest absolute Gasteiger partial charge is 0.238 e. The highest BCUT2D eigenvalue weighted by Gasteiger charge is 2.37. The average Bonchev–Trinajstić information content (AvgIpc) is 2.96. The van der Waals surface area contributed by atoms with Crippen LogP contribution in [0.4, 0.5) is 0 Å². The lowest BCUT2D eigenvalue weighted by atomic mass is 10.2. The van der Waals surface area contributed by atoms with Crippen LogP contribution in [0.25, 0.3) is 0 Å². The van der Waals surface area contributed by atoms with Crippen molar-refractivity contribution in [1.82, 2.24) is 14.6 Å². The monoisotopic (exact) mass is 311 g/mol. The molecule has 1 aromatic rings. The molecule has 0 radical (unpaired) electrons. The zero-order valence-corrected chi connectivity index (χ0v) is 13.0. The average molecular weight is 311 g/mol. The van der Waals surface area contributed by atoms with Gasteiger partial charge in [0.25, 0.3) is 0 Å². The summed E-state index contributed by atoms with van der Waals surface area (Å²) in [6.07, 6.45) is 5.22. The van der Waals surface area contributed by atoms with Gasteiger partial charge in [-0.3, -0.25) is 9.78 Å². The molecule has 116 valence electrons. The van der Waals surface area contributed by atoms with Gasteiger partial charge in [0.15, 0.2) is 0 Å². The standard InChI is InChI=1S/C14H21N3O3S/c1-2-9-21(19,20)17-8-4-6-13(17)14(18)16-11-12-5-3-7-15-10-12/h3,5,7,10,13H,2,4,6,8-9,11H2,1H3,(H,16,18). The molecule has 7 heteroatoms. The van der Waals surface area contributed by atoms with Crippen molar-refractivity contribution < 1.29 is 13.2 Å². The van der Waals surface area contributed by atoms with Gasteiger partial charge in [-0.1, -0.05) is 13.0 Å². The number of nitrogens with zero attached hydrogens (tertiary/aromatic N) is 2. The maximum atomic E-state index is 12.2. The van der Waals surface area contributed by atoms with Crippen LogP contribution in [-0.2, 0) is 21.4 Å². The fourth-order valence-electron chi connectivity index (χ4n) is 2.52. The van der Waals surface area contributed by atoms with Crippen molar-refractivity contribution in [2.45, 2.75) is 38.8 Å². The molecule has 0 spiro atoms. The summed E-state index contributed by atoms with van der Waals surface area (Å²) in [4.78, 5) is 16.2. The van der Waals surface area contributed by atoms with E-state index in [-0.39, 0.29) is 11.7 Å². The van der Waals surface area contributed by atoms with Crippen LogP contribution in [0.5, 0.6) is 0 Å². The molecule has 1 unspecified atom stereocenters. The molecule has 21 heavy (non-hydrogen) atoms. The van der Waals surface area contributed by atoms with Crippen molar-refractivity contribution in [3.8, 4) is 0 Å². The Morgan fingerprint density at radius 3 is 3.00 bits per heavy atom. The Hall–Kier alpha value is -1.47. The Labute approximate surface area is 125 Å². The van der Waals surface area contributed by atoms with Crippen LogP contribution < -0.4 is 5.32 Å². The van der Waals surface area contributed by atoms with E-state index in [4.69, 9.17) is 0 Å². The molecule has 1 atom stereocenters. The van der Waals surface area contributed by atoms with E-state index in [0.29, 0.717) is 25.9 Å². The topological polar surface area (TPSA) is 79.4 Å². The molecule has 2 rings (SSSR count). The zero-order valence-electron chi connectivity index (χ0n) is 12.2. The quantitative estimate of drug-likeness (QED) is 0.846. The second kappa shape index (κ2) is 7.00. The molecule has 1 fully saturated rings. The predicted molar refractivity (Wildman–Crippen MR) is 79.9 cm³/mol. The number of hydrogen-bond acceptors (Lipinski definition) is 4. The molecule has 1 N–H and O–H groups in total. The number of nitrogens with one attached hydrogen (secondary N) is 1. The van der Waals surface area contributed by atoms with Crippen molar-refractivity contribution >= 4 is 15.9 Å². The number of hydrogen-bond donors (Lipinski definition) is 1. The molecule has 0 bridgehead atoms. The van der Waals surface area contributed by atoms with E-state index >= 15 is 0 Å². The number of aromatic nitrogens is 1. The van der Waals surface area contributed by atoms with Gasteiger partial charge in [0.1, 0.15) is 6.04 Å². The zero-order chi connectivity index (χ0) is 15.3. The van der Waals surface area contributed by atoms with Gasteiger partial charge in [-0.2, -0.15) is 4.31 Å². The largest absolute Gasteiger partial charge is 0.351 e. The van der Waals surface area contributed by atoms with E-state index in [9.17, 15) is 13.2 Å². The molecule has 2 heterocycles. The fraction of sp³-hybridized carbons (Fsp3) is 0.571. The summed E-state index contributed by atoms with van der Waals surface area (Å²) in [5, 5.41) is 2.80. The first kappa shape index (κ1) is 15.9. The van der Waals surface area contributed by atoms with Crippen LogP contribution in [0.2, 0.25) is 0 Å². The summed E-state index contributed by atoms with van der Waals surface area (Å²) in [7, 11) is -3.33. The minimum Gasteiger partial charge on any atom is -0.351 e. The lowest BCUT2D eigenvalue weighted by Gasteiger charge is -2.23. The SMILES string of the molecule is CCCS(=O)(=O)N1CCCC1C(=O)NCc1cccnc1. The van der Waals surface area contributed by atoms with Crippen molar-refractivity contribution in [3.63, 3.8) is 0 Å². The minimum absolute atomic E-state index is 0.0966. The third kappa shape index (κ3) is 4.01. The number of rotatable bonds is 6. The van der Waals surface area contributed by atoms with Crippen molar-refractivity contribution in [3.05, 3.63) is 30.1 Å². The number of pyridine rings is 1. The second-order valence-electron chi connectivity index (χ2n) is 5.16. The maximum Gasteiger partial charge on any atom is 0.238 e. The lowest BCUT2D eigenvalue weighted by Crippen LogP contribution is -2.46. The normalized spacial score (nSPS) is 19.6. The molecule has 0 aromatic carbocycles. The van der Waals surface area contributed by atoms with Crippen molar-refractivity contribution in [2.24, 2.45) is 0 Å². The number of carbonyl (C=O) groups is 1. The summed E-state index contributed by atoms with van der Waals surface area (Å²) in [5.74, 6) is -0.129. The van der Waals surface area contributed by atoms with Gasteiger partial charge in [0.05, 0.1) is 5.75 Å². The van der Waals surface area contributed by atoms with Crippen molar-refractivity contribution in [1.29, 1.82) is 0 Å². The molecule has 1 aliphatic rings. The number of sulfonamides is 1. The Morgan fingerprint density at radius 2 is 2.33 bits per heavy atom. The van der Waals surface area contributed by atoms with Crippen molar-refractivity contribution in [2.75, 3.05) is 12.3 Å². The summed E-state index contributed by atoms with van der Waals surface area (Å²) in [6.45, 7) is 2.63. The van der Waals surface area contributed by atoms with Gasteiger partial charge in [0.2, 0.25) is 15.9 Å². The molecule has 6 nitrogen and oxygen atoms in total. The maximum absolute atomic E-state index is 12.2.